The van der Waals surface area contributed by atoms with Crippen LogP contribution in [0.5, 0.6) is 0 Å². The quantitative estimate of drug-likeness (QED) is 0.873. The molecule has 1 aliphatic heterocycles. The van der Waals surface area contributed by atoms with Crippen molar-refractivity contribution in [2.24, 2.45) is 7.05 Å². The molecule has 0 aliphatic carbocycles. The van der Waals surface area contributed by atoms with Gasteiger partial charge in [0.15, 0.2) is 0 Å². The average Bonchev–Trinajstić information content (AvgIpc) is 2.93. The molecular weight excluding hydrogens is 272 g/mol. The summed E-state index contributed by atoms with van der Waals surface area (Å²) in [5.41, 5.74) is 2.94. The number of likely N-dealkylation sites (tertiary alicyclic amines) is 1. The molecule has 1 saturated heterocycles. The van der Waals surface area contributed by atoms with Gasteiger partial charge < -0.3 is 15.3 Å². The van der Waals surface area contributed by atoms with Crippen molar-refractivity contribution < 1.29 is 14.7 Å². The molecular formula is C14H22N4O3. The van der Waals surface area contributed by atoms with Crippen molar-refractivity contribution in [3.05, 3.63) is 17.0 Å². The van der Waals surface area contributed by atoms with Crippen LogP contribution in [-0.4, -0.2) is 44.4 Å². The van der Waals surface area contributed by atoms with Crippen LogP contribution in [0.25, 0.3) is 0 Å². The van der Waals surface area contributed by atoms with Crippen LogP contribution < -0.4 is 5.32 Å². The normalized spacial score (nSPS) is 18.0. The fourth-order valence-electron chi connectivity index (χ4n) is 2.86. The number of urea groups is 1. The van der Waals surface area contributed by atoms with Gasteiger partial charge in [-0.2, -0.15) is 5.10 Å². The molecule has 1 unspecified atom stereocenters. The highest BCUT2D eigenvalue weighted by Gasteiger charge is 2.30. The lowest BCUT2D eigenvalue weighted by Crippen LogP contribution is -2.43. The molecule has 0 bridgehead atoms. The Morgan fingerprint density at radius 3 is 2.71 bits per heavy atom. The molecule has 0 spiro atoms. The summed E-state index contributed by atoms with van der Waals surface area (Å²) in [5.74, 6) is -0.862. The van der Waals surface area contributed by atoms with Crippen LogP contribution in [0, 0.1) is 13.8 Å². The highest BCUT2D eigenvalue weighted by molar-refractivity contribution is 5.76. The maximum absolute atomic E-state index is 12.2. The minimum Gasteiger partial charge on any atom is -0.481 e. The molecule has 116 valence electrons. The maximum Gasteiger partial charge on any atom is 0.317 e. The molecule has 0 saturated carbocycles. The number of aromatic nitrogens is 2. The van der Waals surface area contributed by atoms with Crippen molar-refractivity contribution in [1.29, 1.82) is 0 Å². The number of aliphatic carboxylic acids is 1. The second-order valence-electron chi connectivity index (χ2n) is 5.52. The molecule has 1 aromatic heterocycles. The predicted octanol–water partition coefficient (Wildman–Crippen LogP) is 1.19. The zero-order valence-electron chi connectivity index (χ0n) is 12.7. The summed E-state index contributed by atoms with van der Waals surface area (Å²) in [4.78, 5) is 24.7. The lowest BCUT2D eigenvalue weighted by atomic mass is 10.1. The number of carboxylic acid groups (broad SMARTS) is 1. The number of hydrogen-bond acceptors (Lipinski definition) is 3. The zero-order chi connectivity index (χ0) is 15.6. The first-order chi connectivity index (χ1) is 9.90. The Hall–Kier alpha value is -2.05. The molecule has 7 nitrogen and oxygen atoms in total. The molecule has 1 aromatic rings. The number of aryl methyl sites for hydroxylation is 2. The van der Waals surface area contributed by atoms with E-state index in [4.69, 9.17) is 5.11 Å². The van der Waals surface area contributed by atoms with E-state index < -0.39 is 5.97 Å². The third-order valence-corrected chi connectivity index (χ3v) is 4.12. The van der Waals surface area contributed by atoms with Crippen LogP contribution in [-0.2, 0) is 18.4 Å². The van der Waals surface area contributed by atoms with Gasteiger partial charge in [-0.3, -0.25) is 9.48 Å². The first-order valence-corrected chi connectivity index (χ1v) is 7.15. The first kappa shape index (κ1) is 15.3. The van der Waals surface area contributed by atoms with E-state index in [9.17, 15) is 9.59 Å². The summed E-state index contributed by atoms with van der Waals surface area (Å²) in [6.45, 7) is 4.91. The van der Waals surface area contributed by atoms with Crippen molar-refractivity contribution in [2.45, 2.75) is 45.7 Å². The molecule has 1 atom stereocenters. The van der Waals surface area contributed by atoms with Gasteiger partial charge in [0, 0.05) is 37.4 Å². The summed E-state index contributed by atoms with van der Waals surface area (Å²) >= 11 is 0. The van der Waals surface area contributed by atoms with Crippen LogP contribution in [0.3, 0.4) is 0 Å². The van der Waals surface area contributed by atoms with Crippen LogP contribution in [0.4, 0.5) is 4.79 Å². The third kappa shape index (κ3) is 3.34. The van der Waals surface area contributed by atoms with Gasteiger partial charge in [-0.25, -0.2) is 4.79 Å². The fourth-order valence-corrected chi connectivity index (χ4v) is 2.86. The lowest BCUT2D eigenvalue weighted by Gasteiger charge is -2.23. The SMILES string of the molecule is Cc1nn(C)c(C)c1CNC(=O)N1CCCC1CC(=O)O. The van der Waals surface area contributed by atoms with Gasteiger partial charge in [-0.15, -0.1) is 0 Å². The van der Waals surface area contributed by atoms with Crippen molar-refractivity contribution in [3.63, 3.8) is 0 Å². The second kappa shape index (κ2) is 6.15. The summed E-state index contributed by atoms with van der Waals surface area (Å²) in [6, 6.07) is -0.389. The number of rotatable bonds is 4. The van der Waals surface area contributed by atoms with Crippen LogP contribution in [0.1, 0.15) is 36.2 Å². The van der Waals surface area contributed by atoms with Gasteiger partial charge in [0.25, 0.3) is 0 Å². The third-order valence-electron chi connectivity index (χ3n) is 4.12. The Balaban J connectivity index is 1.96. The van der Waals surface area contributed by atoms with Crippen LogP contribution in [0.2, 0.25) is 0 Å². The molecule has 7 heteroatoms. The fraction of sp³-hybridized carbons (Fsp3) is 0.643. The molecule has 1 fully saturated rings. The molecule has 2 N–H and O–H groups in total. The largest absolute Gasteiger partial charge is 0.481 e. The Morgan fingerprint density at radius 1 is 1.43 bits per heavy atom. The van der Waals surface area contributed by atoms with E-state index in [1.165, 1.54) is 0 Å². The number of nitrogens with one attached hydrogen (secondary N) is 1. The van der Waals surface area contributed by atoms with E-state index in [1.54, 1.807) is 9.58 Å². The molecule has 0 aromatic carbocycles. The van der Waals surface area contributed by atoms with Crippen LogP contribution in [0.15, 0.2) is 0 Å². The highest BCUT2D eigenvalue weighted by Crippen LogP contribution is 2.20. The molecule has 2 heterocycles. The summed E-state index contributed by atoms with van der Waals surface area (Å²) < 4.78 is 1.79. The van der Waals surface area contributed by atoms with Gasteiger partial charge >= 0.3 is 12.0 Å². The Bertz CT molecular complexity index is 553. The molecule has 21 heavy (non-hydrogen) atoms. The van der Waals surface area contributed by atoms with E-state index in [-0.39, 0.29) is 18.5 Å². The van der Waals surface area contributed by atoms with Gasteiger partial charge in [0.1, 0.15) is 0 Å². The van der Waals surface area contributed by atoms with Gasteiger partial charge in [0.2, 0.25) is 0 Å². The highest BCUT2D eigenvalue weighted by atomic mass is 16.4. The summed E-state index contributed by atoms with van der Waals surface area (Å²) in [6.07, 6.45) is 1.62. The first-order valence-electron chi connectivity index (χ1n) is 7.15. The monoisotopic (exact) mass is 294 g/mol. The van der Waals surface area contributed by atoms with Gasteiger partial charge in [-0.1, -0.05) is 0 Å². The number of hydrogen-bond donors (Lipinski definition) is 2. The standard InChI is InChI=1S/C14H22N4O3/c1-9-12(10(2)17(3)16-9)8-15-14(21)18-6-4-5-11(18)7-13(19)20/h11H,4-8H2,1-3H3,(H,15,21)(H,19,20). The molecule has 2 rings (SSSR count). The smallest absolute Gasteiger partial charge is 0.317 e. The maximum atomic E-state index is 12.2. The average molecular weight is 294 g/mol. The Kier molecular flexibility index (Phi) is 4.50. The van der Waals surface area contributed by atoms with Crippen molar-refractivity contribution in [2.75, 3.05) is 6.54 Å². The minimum absolute atomic E-state index is 0.0123. The molecule has 2 amide bonds. The van der Waals surface area contributed by atoms with Crippen molar-refractivity contribution >= 4 is 12.0 Å². The number of nitrogens with zero attached hydrogens (tertiary/aromatic N) is 3. The second-order valence-corrected chi connectivity index (χ2v) is 5.52. The topological polar surface area (TPSA) is 87.5 Å². The Labute approximate surface area is 123 Å². The van der Waals surface area contributed by atoms with Gasteiger partial charge in [-0.05, 0) is 26.7 Å². The van der Waals surface area contributed by atoms with Crippen molar-refractivity contribution in [3.8, 4) is 0 Å². The van der Waals surface area contributed by atoms with Gasteiger partial charge in [0.05, 0.1) is 12.1 Å². The van der Waals surface area contributed by atoms with E-state index in [1.807, 2.05) is 20.9 Å². The van der Waals surface area contributed by atoms with E-state index >= 15 is 0 Å². The lowest BCUT2D eigenvalue weighted by molar-refractivity contribution is -0.137. The zero-order valence-corrected chi connectivity index (χ0v) is 12.7. The van der Waals surface area contributed by atoms with Crippen molar-refractivity contribution in [1.82, 2.24) is 20.0 Å². The van der Waals surface area contributed by atoms with E-state index in [0.29, 0.717) is 13.1 Å². The summed E-state index contributed by atoms with van der Waals surface area (Å²) in [5, 5.41) is 16.1. The Morgan fingerprint density at radius 2 is 2.14 bits per heavy atom. The number of carboxylic acids is 1. The minimum atomic E-state index is -0.862. The predicted molar refractivity (Wildman–Crippen MR) is 76.9 cm³/mol. The number of amides is 2. The van der Waals surface area contributed by atoms with E-state index in [0.717, 1.165) is 29.8 Å². The van der Waals surface area contributed by atoms with E-state index in [2.05, 4.69) is 10.4 Å². The molecule has 0 radical (unpaired) electrons. The molecule has 1 aliphatic rings. The summed E-state index contributed by atoms with van der Waals surface area (Å²) in [7, 11) is 1.87. The van der Waals surface area contributed by atoms with Crippen LogP contribution >= 0.6 is 0 Å². The number of carbonyl (C=O) groups excluding carboxylic acids is 1. The number of carbonyl (C=O) groups is 2.